The molecule has 1 aliphatic rings. The van der Waals surface area contributed by atoms with Gasteiger partial charge in [0.2, 0.25) is 5.91 Å². The van der Waals surface area contributed by atoms with Crippen molar-refractivity contribution in [3.05, 3.63) is 25.3 Å². The van der Waals surface area contributed by atoms with Crippen LogP contribution in [-0.2, 0) is 9.22 Å². The number of likely N-dealkylation sites (tertiary alicyclic amines) is 1. The molecule has 0 N–H and O–H groups in total. The van der Waals surface area contributed by atoms with Crippen LogP contribution in [0.15, 0.2) is 25.3 Å². The van der Waals surface area contributed by atoms with E-state index in [1.165, 1.54) is 0 Å². The van der Waals surface area contributed by atoms with Gasteiger partial charge in [-0.3, -0.25) is 4.79 Å². The zero-order valence-electron chi connectivity index (χ0n) is 14.5. The predicted octanol–water partition coefficient (Wildman–Crippen LogP) is 3.99. The molecule has 1 amide bonds. The molecule has 3 nitrogen and oxygen atoms in total. The molecule has 1 rings (SSSR count). The van der Waals surface area contributed by atoms with Gasteiger partial charge in [-0.15, -0.1) is 13.2 Å². The Morgan fingerprint density at radius 3 is 2.33 bits per heavy atom. The molecule has 0 spiro atoms. The Balaban J connectivity index is 2.82. The Morgan fingerprint density at radius 1 is 1.33 bits per heavy atom. The molecular weight excluding hydrogens is 278 g/mol. The summed E-state index contributed by atoms with van der Waals surface area (Å²) in [5.74, 6) is 0.144. The molecule has 1 fully saturated rings. The van der Waals surface area contributed by atoms with Gasteiger partial charge in [0, 0.05) is 12.6 Å². The topological polar surface area (TPSA) is 29.5 Å². The van der Waals surface area contributed by atoms with Gasteiger partial charge in [-0.2, -0.15) is 0 Å². The Kier molecular flexibility index (Phi) is 5.61. The number of nitrogens with zero attached hydrogens (tertiary/aromatic N) is 1. The second kappa shape index (κ2) is 6.49. The van der Waals surface area contributed by atoms with Crippen LogP contribution in [0, 0.1) is 5.92 Å². The van der Waals surface area contributed by atoms with E-state index in [0.29, 0.717) is 6.54 Å². The van der Waals surface area contributed by atoms with Crippen molar-refractivity contribution in [1.29, 1.82) is 0 Å². The van der Waals surface area contributed by atoms with E-state index in [1.54, 1.807) is 6.08 Å². The lowest BCUT2D eigenvalue weighted by molar-refractivity contribution is -0.161. The molecule has 1 aliphatic heterocycles. The molecule has 21 heavy (non-hydrogen) atoms. The van der Waals surface area contributed by atoms with Crippen LogP contribution in [0.3, 0.4) is 0 Å². The minimum atomic E-state index is -1.85. The Morgan fingerprint density at radius 2 is 1.90 bits per heavy atom. The highest BCUT2D eigenvalue weighted by atomic mass is 28.4. The number of hydrogen-bond acceptors (Lipinski definition) is 2. The fourth-order valence-corrected chi connectivity index (χ4v) is 4.10. The summed E-state index contributed by atoms with van der Waals surface area (Å²) in [4.78, 5) is 14.3. The van der Waals surface area contributed by atoms with Crippen LogP contribution in [0.5, 0.6) is 0 Å². The van der Waals surface area contributed by atoms with Gasteiger partial charge in [0.25, 0.3) is 0 Å². The van der Waals surface area contributed by atoms with E-state index in [2.05, 4.69) is 47.0 Å². The largest absolute Gasteiger partial charge is 0.413 e. The van der Waals surface area contributed by atoms with Crippen LogP contribution in [0.25, 0.3) is 0 Å². The van der Waals surface area contributed by atoms with E-state index < -0.39 is 8.32 Å². The molecule has 0 radical (unpaired) electrons. The lowest BCUT2D eigenvalue weighted by Gasteiger charge is -2.51. The average Bonchev–Trinajstić information content (AvgIpc) is 2.33. The molecule has 0 saturated carbocycles. The van der Waals surface area contributed by atoms with Crippen LogP contribution < -0.4 is 0 Å². The number of carbonyl (C=O) groups is 1. The first-order chi connectivity index (χ1) is 9.56. The lowest BCUT2D eigenvalue weighted by atomic mass is 9.81. The van der Waals surface area contributed by atoms with Crippen LogP contribution in [0.1, 0.15) is 34.1 Å². The maximum absolute atomic E-state index is 12.4. The Labute approximate surface area is 131 Å². The van der Waals surface area contributed by atoms with E-state index in [0.717, 1.165) is 6.42 Å². The molecule has 0 bridgehead atoms. The average molecular weight is 310 g/mol. The number of carbonyl (C=O) groups excluding carboxylic acids is 1. The molecule has 0 aliphatic carbocycles. The third kappa shape index (κ3) is 3.66. The Bertz CT molecular complexity index is 412. The van der Waals surface area contributed by atoms with Gasteiger partial charge in [-0.05, 0) is 31.5 Å². The second-order valence-corrected chi connectivity index (χ2v) is 12.2. The van der Waals surface area contributed by atoms with Gasteiger partial charge in [0.15, 0.2) is 8.32 Å². The maximum atomic E-state index is 12.4. The van der Waals surface area contributed by atoms with Crippen molar-refractivity contribution >= 4 is 14.2 Å². The second-order valence-electron chi connectivity index (χ2n) is 7.48. The molecule has 1 saturated heterocycles. The van der Waals surface area contributed by atoms with E-state index in [1.807, 2.05) is 17.9 Å². The highest BCUT2D eigenvalue weighted by Gasteiger charge is 2.51. The smallest absolute Gasteiger partial charge is 0.230 e. The molecule has 4 heteroatoms. The van der Waals surface area contributed by atoms with Gasteiger partial charge in [0.05, 0.1) is 12.0 Å². The minimum absolute atomic E-state index is 0.0376. The van der Waals surface area contributed by atoms with Gasteiger partial charge < -0.3 is 9.33 Å². The molecular formula is C17H31NO2Si. The van der Waals surface area contributed by atoms with E-state index in [-0.39, 0.29) is 29.0 Å². The number of hydrogen-bond donors (Lipinski definition) is 0. The standard InChI is InChI=1S/C17H31NO2Si/c1-9-11-14-15(16(19)18(14)12-10-2)13(3)20-21(7,8)17(4,5)6/h9-10,13-15H,1-2,11-12H2,3-8H3/t13-,14-,15-/m1/s1. The first-order valence-corrected chi connectivity index (χ1v) is 10.7. The van der Waals surface area contributed by atoms with Crippen LogP contribution in [-0.4, -0.2) is 37.8 Å². The van der Waals surface area contributed by atoms with Crippen molar-refractivity contribution in [3.63, 3.8) is 0 Å². The summed E-state index contributed by atoms with van der Waals surface area (Å²) in [5.41, 5.74) is 0. The summed E-state index contributed by atoms with van der Waals surface area (Å²) >= 11 is 0. The Hall–Kier alpha value is -0.873. The van der Waals surface area contributed by atoms with Crippen molar-refractivity contribution in [1.82, 2.24) is 4.90 Å². The van der Waals surface area contributed by atoms with Crippen molar-refractivity contribution in [2.24, 2.45) is 5.92 Å². The zero-order valence-corrected chi connectivity index (χ0v) is 15.5. The maximum Gasteiger partial charge on any atom is 0.230 e. The summed E-state index contributed by atoms with van der Waals surface area (Å²) in [5, 5.41) is 0.156. The summed E-state index contributed by atoms with van der Waals surface area (Å²) in [7, 11) is -1.85. The molecule has 0 unspecified atom stereocenters. The first kappa shape index (κ1) is 18.2. The van der Waals surface area contributed by atoms with Crippen LogP contribution >= 0.6 is 0 Å². The molecule has 0 aromatic heterocycles. The highest BCUT2D eigenvalue weighted by molar-refractivity contribution is 6.74. The van der Waals surface area contributed by atoms with Gasteiger partial charge in [0.1, 0.15) is 0 Å². The predicted molar refractivity (Wildman–Crippen MR) is 91.7 cm³/mol. The lowest BCUT2D eigenvalue weighted by Crippen LogP contribution is -2.65. The van der Waals surface area contributed by atoms with Gasteiger partial charge in [-0.1, -0.05) is 32.9 Å². The quantitative estimate of drug-likeness (QED) is 0.404. The summed E-state index contributed by atoms with van der Waals surface area (Å²) < 4.78 is 6.41. The summed E-state index contributed by atoms with van der Waals surface area (Å²) in [6.45, 7) is 21.3. The fraction of sp³-hybridized carbons (Fsp3) is 0.706. The van der Waals surface area contributed by atoms with Gasteiger partial charge >= 0.3 is 0 Å². The van der Waals surface area contributed by atoms with Gasteiger partial charge in [-0.25, -0.2) is 0 Å². The first-order valence-electron chi connectivity index (χ1n) is 7.77. The SMILES string of the molecule is C=CC[C@@H]1[C@@H]([C@@H](C)O[Si](C)(C)C(C)(C)C)C(=O)N1CC=C. The summed E-state index contributed by atoms with van der Waals surface area (Å²) in [6, 6.07) is 0.202. The normalized spacial score (nSPS) is 24.5. The summed E-state index contributed by atoms with van der Waals surface area (Å²) in [6.07, 6.45) is 4.45. The minimum Gasteiger partial charge on any atom is -0.413 e. The van der Waals surface area contributed by atoms with Crippen LogP contribution in [0.4, 0.5) is 0 Å². The van der Waals surface area contributed by atoms with Crippen molar-refractivity contribution < 1.29 is 9.22 Å². The molecule has 1 heterocycles. The number of amides is 1. The van der Waals surface area contributed by atoms with E-state index in [9.17, 15) is 4.79 Å². The van der Waals surface area contributed by atoms with Crippen molar-refractivity contribution in [2.45, 2.75) is 64.4 Å². The zero-order chi connectivity index (χ0) is 16.4. The van der Waals surface area contributed by atoms with E-state index >= 15 is 0 Å². The van der Waals surface area contributed by atoms with Crippen molar-refractivity contribution in [3.8, 4) is 0 Å². The molecule has 120 valence electrons. The third-order valence-electron chi connectivity index (χ3n) is 4.91. The highest BCUT2D eigenvalue weighted by Crippen LogP contribution is 2.40. The number of rotatable bonds is 7. The molecule has 3 atom stereocenters. The van der Waals surface area contributed by atoms with Crippen molar-refractivity contribution in [2.75, 3.05) is 6.54 Å². The number of β-lactam (4-membered cyclic amide) rings is 1. The molecule has 0 aromatic carbocycles. The fourth-order valence-electron chi connectivity index (χ4n) is 2.67. The monoisotopic (exact) mass is 309 g/mol. The van der Waals surface area contributed by atoms with Crippen LogP contribution in [0.2, 0.25) is 18.1 Å². The third-order valence-corrected chi connectivity index (χ3v) is 9.48. The molecule has 0 aromatic rings. The van der Waals surface area contributed by atoms with E-state index in [4.69, 9.17) is 4.43 Å².